The van der Waals surface area contributed by atoms with Crippen LogP contribution in [0.15, 0.2) is 35.9 Å². The van der Waals surface area contributed by atoms with Gasteiger partial charge in [0.15, 0.2) is 0 Å². The summed E-state index contributed by atoms with van der Waals surface area (Å²) in [6.07, 6.45) is 6.80. The number of imidazole rings is 1. The van der Waals surface area contributed by atoms with Crippen LogP contribution < -0.4 is 0 Å². The van der Waals surface area contributed by atoms with Gasteiger partial charge in [-0.3, -0.25) is 9.88 Å². The van der Waals surface area contributed by atoms with E-state index in [9.17, 15) is 8.42 Å². The SMILES string of the molecule is CC(C)Cn1c(CN(C)Cc2cccnc2)cnc1S(=O)(=O)C[C@H]1CCCO1. The topological polar surface area (TPSA) is 77.3 Å². The van der Waals surface area contributed by atoms with Gasteiger partial charge in [0.1, 0.15) is 0 Å². The predicted octanol–water partition coefficient (Wildman–Crippen LogP) is 2.52. The van der Waals surface area contributed by atoms with Crippen LogP contribution in [0.2, 0.25) is 0 Å². The lowest BCUT2D eigenvalue weighted by atomic mass is 10.2. The minimum absolute atomic E-state index is 0.00702. The van der Waals surface area contributed by atoms with E-state index in [1.54, 1.807) is 12.4 Å². The Balaban J connectivity index is 1.79. The van der Waals surface area contributed by atoms with E-state index in [0.29, 0.717) is 25.6 Å². The van der Waals surface area contributed by atoms with Gasteiger partial charge in [-0.05, 0) is 37.4 Å². The molecule has 1 atom stereocenters. The van der Waals surface area contributed by atoms with Crippen LogP contribution >= 0.6 is 0 Å². The smallest absolute Gasteiger partial charge is 0.227 e. The summed E-state index contributed by atoms with van der Waals surface area (Å²) >= 11 is 0. The van der Waals surface area contributed by atoms with Gasteiger partial charge in [-0.15, -0.1) is 0 Å². The Bertz CT molecular complexity index is 859. The van der Waals surface area contributed by atoms with Crippen LogP contribution in [0.4, 0.5) is 0 Å². The van der Waals surface area contributed by atoms with Crippen molar-refractivity contribution in [2.24, 2.45) is 5.92 Å². The number of rotatable bonds is 9. The maximum atomic E-state index is 13.0. The first-order valence-corrected chi connectivity index (χ1v) is 11.5. The molecule has 0 spiro atoms. The Kier molecular flexibility index (Phi) is 6.85. The molecule has 8 heteroatoms. The number of nitrogens with zero attached hydrogens (tertiary/aromatic N) is 4. The minimum atomic E-state index is -3.50. The lowest BCUT2D eigenvalue weighted by Crippen LogP contribution is -2.25. The lowest BCUT2D eigenvalue weighted by molar-refractivity contribution is 0.127. The highest BCUT2D eigenvalue weighted by molar-refractivity contribution is 7.91. The van der Waals surface area contributed by atoms with Crippen molar-refractivity contribution in [3.05, 3.63) is 42.0 Å². The standard InChI is InChI=1S/C20H30N4O3S/c1-16(2)12-24-18(14-23(3)13-17-6-4-8-21-10-17)11-22-20(24)28(25,26)15-19-7-5-9-27-19/h4,6,8,10-11,16,19H,5,7,9,12-15H2,1-3H3/t19-/m1/s1. The van der Waals surface area contributed by atoms with Crippen molar-refractivity contribution in [3.63, 3.8) is 0 Å². The molecule has 2 aromatic heterocycles. The average Bonchev–Trinajstić information content (AvgIpc) is 3.26. The molecule has 0 unspecified atom stereocenters. The van der Waals surface area contributed by atoms with Gasteiger partial charge in [0, 0.05) is 38.6 Å². The number of hydrogen-bond donors (Lipinski definition) is 0. The van der Waals surface area contributed by atoms with Crippen molar-refractivity contribution >= 4 is 9.84 Å². The molecule has 28 heavy (non-hydrogen) atoms. The largest absolute Gasteiger partial charge is 0.377 e. The third-order valence-electron chi connectivity index (χ3n) is 4.76. The molecule has 0 saturated carbocycles. The molecule has 3 rings (SSSR count). The summed E-state index contributed by atoms with van der Waals surface area (Å²) in [5.41, 5.74) is 2.03. The molecule has 0 radical (unpaired) electrons. The molecular formula is C20H30N4O3S. The molecule has 1 aliphatic rings. The second kappa shape index (κ2) is 9.15. The second-order valence-corrected chi connectivity index (χ2v) is 9.91. The van der Waals surface area contributed by atoms with E-state index in [1.807, 2.05) is 29.9 Å². The number of pyridine rings is 1. The Morgan fingerprint density at radius 2 is 2.14 bits per heavy atom. The van der Waals surface area contributed by atoms with E-state index < -0.39 is 9.84 Å². The minimum Gasteiger partial charge on any atom is -0.377 e. The fourth-order valence-corrected chi connectivity index (χ4v) is 5.20. The number of ether oxygens (including phenoxy) is 1. The van der Waals surface area contributed by atoms with Crippen LogP contribution in [0.1, 0.15) is 37.9 Å². The van der Waals surface area contributed by atoms with Crippen molar-refractivity contribution in [2.45, 2.75) is 57.6 Å². The molecule has 2 aromatic rings. The van der Waals surface area contributed by atoms with E-state index in [4.69, 9.17) is 4.74 Å². The van der Waals surface area contributed by atoms with Gasteiger partial charge in [0.05, 0.1) is 23.7 Å². The molecule has 0 aromatic carbocycles. The zero-order valence-corrected chi connectivity index (χ0v) is 17.7. The van der Waals surface area contributed by atoms with Crippen LogP contribution in [-0.4, -0.2) is 53.4 Å². The van der Waals surface area contributed by atoms with Crippen molar-refractivity contribution in [3.8, 4) is 0 Å². The summed E-state index contributed by atoms with van der Waals surface area (Å²) < 4.78 is 33.4. The first-order chi connectivity index (χ1) is 13.3. The molecule has 1 fully saturated rings. The highest BCUT2D eigenvalue weighted by Gasteiger charge is 2.29. The molecular weight excluding hydrogens is 376 g/mol. The third kappa shape index (κ3) is 5.40. The molecule has 1 aliphatic heterocycles. The molecule has 0 bridgehead atoms. The van der Waals surface area contributed by atoms with Crippen molar-refractivity contribution in [1.29, 1.82) is 0 Å². The van der Waals surface area contributed by atoms with E-state index in [-0.39, 0.29) is 17.0 Å². The van der Waals surface area contributed by atoms with Gasteiger partial charge in [-0.2, -0.15) is 0 Å². The quantitative estimate of drug-likeness (QED) is 0.637. The Morgan fingerprint density at radius 1 is 1.32 bits per heavy atom. The van der Waals surface area contributed by atoms with Gasteiger partial charge < -0.3 is 9.30 Å². The first-order valence-electron chi connectivity index (χ1n) is 9.81. The number of hydrogen-bond acceptors (Lipinski definition) is 6. The summed E-state index contributed by atoms with van der Waals surface area (Å²) in [5.74, 6) is 0.320. The van der Waals surface area contributed by atoms with Crippen molar-refractivity contribution < 1.29 is 13.2 Å². The normalized spacial score (nSPS) is 17.7. The number of aromatic nitrogens is 3. The zero-order chi connectivity index (χ0) is 20.1. The molecule has 154 valence electrons. The van der Waals surface area contributed by atoms with E-state index in [0.717, 1.165) is 30.6 Å². The predicted molar refractivity (Wildman–Crippen MR) is 107 cm³/mol. The Hall–Kier alpha value is -1.77. The molecule has 3 heterocycles. The molecule has 7 nitrogen and oxygen atoms in total. The summed E-state index contributed by atoms with van der Waals surface area (Å²) in [6.45, 7) is 6.78. The molecule has 0 amide bonds. The maximum absolute atomic E-state index is 13.0. The summed E-state index contributed by atoms with van der Waals surface area (Å²) in [5, 5.41) is 0.168. The summed E-state index contributed by atoms with van der Waals surface area (Å²) in [7, 11) is -1.48. The van der Waals surface area contributed by atoms with Gasteiger partial charge in [-0.1, -0.05) is 19.9 Å². The zero-order valence-electron chi connectivity index (χ0n) is 16.9. The van der Waals surface area contributed by atoms with Crippen molar-refractivity contribution in [2.75, 3.05) is 19.4 Å². The monoisotopic (exact) mass is 406 g/mol. The van der Waals surface area contributed by atoms with Gasteiger partial charge in [0.25, 0.3) is 0 Å². The molecule has 0 aliphatic carbocycles. The van der Waals surface area contributed by atoms with Crippen LogP contribution in [0.5, 0.6) is 0 Å². The van der Waals surface area contributed by atoms with Gasteiger partial charge >= 0.3 is 0 Å². The van der Waals surface area contributed by atoms with Crippen LogP contribution in [0, 0.1) is 5.92 Å². The fraction of sp³-hybridized carbons (Fsp3) is 0.600. The van der Waals surface area contributed by atoms with Gasteiger partial charge in [0.2, 0.25) is 15.0 Å². The van der Waals surface area contributed by atoms with Crippen LogP contribution in [-0.2, 0) is 34.2 Å². The van der Waals surface area contributed by atoms with E-state index >= 15 is 0 Å². The number of sulfone groups is 1. The molecule has 1 saturated heterocycles. The fourth-order valence-electron chi connectivity index (χ4n) is 3.56. The van der Waals surface area contributed by atoms with E-state index in [2.05, 4.69) is 28.7 Å². The third-order valence-corrected chi connectivity index (χ3v) is 6.46. The van der Waals surface area contributed by atoms with Crippen molar-refractivity contribution in [1.82, 2.24) is 19.4 Å². The first kappa shape index (κ1) is 21.0. The lowest BCUT2D eigenvalue weighted by Gasteiger charge is -2.20. The Labute approximate surface area is 167 Å². The summed E-state index contributed by atoms with van der Waals surface area (Å²) in [6, 6.07) is 3.95. The maximum Gasteiger partial charge on any atom is 0.227 e. The van der Waals surface area contributed by atoms with Crippen LogP contribution in [0.3, 0.4) is 0 Å². The molecule has 0 N–H and O–H groups in total. The highest BCUT2D eigenvalue weighted by Crippen LogP contribution is 2.21. The highest BCUT2D eigenvalue weighted by atomic mass is 32.2. The second-order valence-electron chi connectivity index (χ2n) is 7.99. The van der Waals surface area contributed by atoms with Gasteiger partial charge in [-0.25, -0.2) is 13.4 Å². The average molecular weight is 407 g/mol. The Morgan fingerprint density at radius 3 is 2.79 bits per heavy atom. The van der Waals surface area contributed by atoms with E-state index in [1.165, 1.54) is 0 Å². The van der Waals surface area contributed by atoms with Crippen LogP contribution in [0.25, 0.3) is 0 Å². The summed E-state index contributed by atoms with van der Waals surface area (Å²) in [4.78, 5) is 10.6.